The van der Waals surface area contributed by atoms with Crippen molar-refractivity contribution in [3.63, 3.8) is 0 Å². The lowest BCUT2D eigenvalue weighted by Crippen LogP contribution is -2.10. The monoisotopic (exact) mass is 560 g/mol. The van der Waals surface area contributed by atoms with E-state index < -0.39 is 5.97 Å². The molecule has 0 fully saturated rings. The molecular formula is C37H40N2O3. The molecule has 0 radical (unpaired) electrons. The minimum Gasteiger partial charge on any atom is -0.491 e. The second kappa shape index (κ2) is 11.4. The molecule has 0 aliphatic carbocycles. The van der Waals surface area contributed by atoms with E-state index in [9.17, 15) is 9.90 Å². The number of hydrogen-bond donors (Lipinski definition) is 2. The van der Waals surface area contributed by atoms with Gasteiger partial charge in [0.1, 0.15) is 11.4 Å². The van der Waals surface area contributed by atoms with Gasteiger partial charge >= 0.3 is 5.97 Å². The number of aromatic nitrogens is 1. The fourth-order valence-corrected chi connectivity index (χ4v) is 5.41. The van der Waals surface area contributed by atoms with Crippen LogP contribution in [0.4, 0.5) is 5.69 Å². The Morgan fingerprint density at radius 1 is 0.786 bits per heavy atom. The SMILES string of the molecule is CC(C)Nc1ccc(-n2c(C(=O)O)c(-c3ccc(OC(C)C)cc3)c3cc(-c4ccc(C(C)(C)C)cc4)ccc32)cc1. The van der Waals surface area contributed by atoms with Gasteiger partial charge in [0.05, 0.1) is 11.6 Å². The molecule has 0 amide bonds. The Kier molecular flexibility index (Phi) is 7.87. The lowest BCUT2D eigenvalue weighted by Gasteiger charge is -2.19. The first kappa shape index (κ1) is 29.0. The highest BCUT2D eigenvalue weighted by Crippen LogP contribution is 2.40. The number of fused-ring (bicyclic) bond motifs is 1. The molecule has 0 saturated carbocycles. The molecule has 5 aromatic rings. The molecule has 42 heavy (non-hydrogen) atoms. The van der Waals surface area contributed by atoms with E-state index in [1.807, 2.05) is 73.0 Å². The Balaban J connectivity index is 1.73. The maximum absolute atomic E-state index is 13.0. The maximum Gasteiger partial charge on any atom is 0.353 e. The van der Waals surface area contributed by atoms with Gasteiger partial charge in [-0.2, -0.15) is 0 Å². The highest BCUT2D eigenvalue weighted by atomic mass is 16.5. The van der Waals surface area contributed by atoms with Gasteiger partial charge < -0.3 is 19.7 Å². The molecule has 0 bridgehead atoms. The van der Waals surface area contributed by atoms with Gasteiger partial charge in [-0.05, 0) is 104 Å². The van der Waals surface area contributed by atoms with Crippen LogP contribution in [0.15, 0.2) is 91.0 Å². The number of benzene rings is 4. The van der Waals surface area contributed by atoms with Crippen LogP contribution in [-0.2, 0) is 5.41 Å². The average Bonchev–Trinajstić information content (AvgIpc) is 3.28. The van der Waals surface area contributed by atoms with Gasteiger partial charge in [0.15, 0.2) is 0 Å². The lowest BCUT2D eigenvalue weighted by molar-refractivity contribution is 0.0689. The topological polar surface area (TPSA) is 63.5 Å². The van der Waals surface area contributed by atoms with Crippen molar-refractivity contribution in [2.45, 2.75) is 66.0 Å². The van der Waals surface area contributed by atoms with E-state index >= 15 is 0 Å². The first-order chi connectivity index (χ1) is 19.9. The van der Waals surface area contributed by atoms with Crippen LogP contribution in [0.2, 0.25) is 0 Å². The summed E-state index contributed by atoms with van der Waals surface area (Å²) in [4.78, 5) is 13.0. The van der Waals surface area contributed by atoms with Gasteiger partial charge in [-0.15, -0.1) is 0 Å². The summed E-state index contributed by atoms with van der Waals surface area (Å²) >= 11 is 0. The molecule has 0 saturated heterocycles. The summed E-state index contributed by atoms with van der Waals surface area (Å²) < 4.78 is 7.72. The number of aromatic carboxylic acids is 1. The molecule has 0 spiro atoms. The predicted molar refractivity (Wildman–Crippen MR) is 174 cm³/mol. The third kappa shape index (κ3) is 5.91. The highest BCUT2D eigenvalue weighted by molar-refractivity contribution is 6.10. The van der Waals surface area contributed by atoms with E-state index in [4.69, 9.17) is 4.74 Å². The molecular weight excluding hydrogens is 520 g/mol. The Morgan fingerprint density at radius 2 is 1.38 bits per heavy atom. The molecule has 5 nitrogen and oxygen atoms in total. The molecule has 0 aliphatic rings. The third-order valence-electron chi connectivity index (χ3n) is 7.35. The van der Waals surface area contributed by atoms with Crippen LogP contribution in [0.25, 0.3) is 38.8 Å². The minimum absolute atomic E-state index is 0.0488. The average molecular weight is 561 g/mol. The van der Waals surface area contributed by atoms with Crippen LogP contribution in [-0.4, -0.2) is 27.8 Å². The summed E-state index contributed by atoms with van der Waals surface area (Å²) in [5, 5.41) is 14.9. The molecule has 216 valence electrons. The number of carboxylic acids is 1. The van der Waals surface area contributed by atoms with E-state index in [0.717, 1.165) is 44.7 Å². The Morgan fingerprint density at radius 3 is 1.93 bits per heavy atom. The molecule has 1 aromatic heterocycles. The second-order valence-electron chi connectivity index (χ2n) is 12.5. The normalized spacial score (nSPS) is 11.8. The first-order valence-electron chi connectivity index (χ1n) is 14.6. The molecule has 0 unspecified atom stereocenters. The summed E-state index contributed by atoms with van der Waals surface area (Å²) in [5.74, 6) is -0.230. The molecule has 0 atom stereocenters. The van der Waals surface area contributed by atoms with E-state index in [0.29, 0.717) is 11.6 Å². The van der Waals surface area contributed by atoms with Gasteiger partial charge in [-0.3, -0.25) is 0 Å². The van der Waals surface area contributed by atoms with E-state index in [1.165, 1.54) is 5.56 Å². The van der Waals surface area contributed by atoms with Gasteiger partial charge in [0.25, 0.3) is 0 Å². The number of nitrogens with zero attached hydrogens (tertiary/aromatic N) is 1. The summed E-state index contributed by atoms with van der Waals surface area (Å²) in [7, 11) is 0. The van der Waals surface area contributed by atoms with Crippen molar-refractivity contribution >= 4 is 22.6 Å². The van der Waals surface area contributed by atoms with Crippen LogP contribution in [0, 0.1) is 0 Å². The largest absolute Gasteiger partial charge is 0.491 e. The Bertz CT molecular complexity index is 1700. The fourth-order valence-electron chi connectivity index (χ4n) is 5.41. The van der Waals surface area contributed by atoms with Gasteiger partial charge in [0, 0.05) is 28.4 Å². The zero-order chi connectivity index (χ0) is 30.2. The highest BCUT2D eigenvalue weighted by Gasteiger charge is 2.25. The zero-order valence-electron chi connectivity index (χ0n) is 25.5. The van der Waals surface area contributed by atoms with Crippen molar-refractivity contribution in [2.75, 3.05) is 5.32 Å². The minimum atomic E-state index is -0.982. The number of hydrogen-bond acceptors (Lipinski definition) is 3. The van der Waals surface area contributed by atoms with Crippen molar-refractivity contribution in [3.05, 3.63) is 102 Å². The number of carboxylic acid groups (broad SMARTS) is 1. The van der Waals surface area contributed by atoms with Gasteiger partial charge in [0.2, 0.25) is 0 Å². The van der Waals surface area contributed by atoms with Crippen molar-refractivity contribution in [2.24, 2.45) is 0 Å². The standard InChI is InChI=1S/C37H40N2O3/c1-23(2)38-29-15-17-30(18-16-29)39-33-21-12-27(25-8-13-28(14-9-25)37(5,6)7)22-32(33)34(35(39)36(40)41)26-10-19-31(20-11-26)42-24(3)4/h8-24,38H,1-7H3,(H,40,41). The summed E-state index contributed by atoms with van der Waals surface area (Å²) in [5.41, 5.74) is 7.82. The number of rotatable bonds is 8. The molecule has 4 aromatic carbocycles. The summed E-state index contributed by atoms with van der Waals surface area (Å²) in [6.07, 6.45) is 0.0488. The quantitative estimate of drug-likeness (QED) is 0.198. The number of ether oxygens (including phenoxy) is 1. The zero-order valence-corrected chi connectivity index (χ0v) is 25.5. The van der Waals surface area contributed by atoms with Crippen LogP contribution in [0.1, 0.15) is 64.5 Å². The molecule has 0 aliphatic heterocycles. The van der Waals surface area contributed by atoms with Gasteiger partial charge in [-0.1, -0.05) is 63.2 Å². The summed E-state index contributed by atoms with van der Waals surface area (Å²) in [6, 6.07) is 30.8. The van der Waals surface area contributed by atoms with Crippen molar-refractivity contribution in [3.8, 4) is 33.7 Å². The molecule has 2 N–H and O–H groups in total. The van der Waals surface area contributed by atoms with E-state index in [1.54, 1.807) is 0 Å². The van der Waals surface area contributed by atoms with Crippen LogP contribution in [0.3, 0.4) is 0 Å². The van der Waals surface area contributed by atoms with Crippen LogP contribution in [0.5, 0.6) is 5.75 Å². The number of nitrogens with one attached hydrogen (secondary N) is 1. The van der Waals surface area contributed by atoms with Crippen molar-refractivity contribution in [1.82, 2.24) is 4.57 Å². The van der Waals surface area contributed by atoms with Crippen molar-refractivity contribution < 1.29 is 14.6 Å². The fraction of sp³-hybridized carbons (Fsp3) is 0.270. The Hall–Kier alpha value is -4.51. The predicted octanol–water partition coefficient (Wildman–Crippen LogP) is 9.57. The first-order valence-corrected chi connectivity index (χ1v) is 14.6. The van der Waals surface area contributed by atoms with Gasteiger partial charge in [-0.25, -0.2) is 4.79 Å². The second-order valence-corrected chi connectivity index (χ2v) is 12.5. The van der Waals surface area contributed by atoms with E-state index in [-0.39, 0.29) is 17.2 Å². The van der Waals surface area contributed by atoms with E-state index in [2.05, 4.69) is 76.3 Å². The molecule has 1 heterocycles. The maximum atomic E-state index is 13.0. The van der Waals surface area contributed by atoms with Crippen molar-refractivity contribution in [1.29, 1.82) is 0 Å². The molecule has 5 rings (SSSR count). The smallest absolute Gasteiger partial charge is 0.353 e. The summed E-state index contributed by atoms with van der Waals surface area (Å²) in [6.45, 7) is 14.8. The number of anilines is 1. The number of carbonyl (C=O) groups is 1. The Labute approximate surface area is 248 Å². The van der Waals surface area contributed by atoms with Crippen LogP contribution < -0.4 is 10.1 Å². The molecule has 5 heteroatoms. The third-order valence-corrected chi connectivity index (χ3v) is 7.35. The lowest BCUT2D eigenvalue weighted by atomic mass is 9.86. The van der Waals surface area contributed by atoms with Crippen LogP contribution >= 0.6 is 0 Å².